The Bertz CT molecular complexity index is 4140. The standard InChI is InChI=1S/C84H122N12O23/c1-9-62-56(2)66-54-70-63(15-19-76(103)119-52-51-118-40-37-111-34-29-97)57(3)65(90-70)53-67-58(4)64(79(91-67)78-80-77(59(5)68(92-80)55-69(62)89-66)83(106)96(84(78)107)26-25-94-27-32-110-33-28-94)14-16-73(100)93(8)24-21-86-81(104)60(6)88-82(105)61(7)87-72(99)20-30-108-35-38-112-41-43-114-45-47-116-49-50-117-48-46-115-44-42-113-39-36-109-31-22-85-71(98)13-11-10-12-23-95-74(101)17-18-75(95)102/h15,17-19,53-55,58,60-61,64,90,92,97H,9-14,16,20-52H2,1-8H3,(H,85,98)(H,86,104)(H,87,99)(H,88,105)/b19-15+,65-53?,66-54?,67-53?,68-55?,69-55?,70-54?,79-78?/t58-,60-,61-,64-/m0/s1. The zero-order valence-corrected chi connectivity index (χ0v) is 70.2. The van der Waals surface area contributed by atoms with Crippen LogP contribution in [0.5, 0.6) is 0 Å². The number of likely N-dealkylation sites (N-methyl/N-ethyl adjacent to an activating group) is 1. The molecule has 5 aliphatic heterocycles. The number of H-pyrrole nitrogens is 2. The third-order valence-electron chi connectivity index (χ3n) is 20.8. The van der Waals surface area contributed by atoms with Crippen molar-refractivity contribution in [1.82, 2.24) is 60.8 Å². The largest absolute Gasteiger partial charge is 0.460 e. The summed E-state index contributed by atoms with van der Waals surface area (Å²) in [6.45, 7) is 23.2. The smallest absolute Gasteiger partial charge is 0.330 e. The number of morpholine rings is 1. The van der Waals surface area contributed by atoms with Crippen molar-refractivity contribution in [3.63, 3.8) is 0 Å². The first-order chi connectivity index (χ1) is 57.6. The number of aryl methyl sites for hydroxylation is 2. The summed E-state index contributed by atoms with van der Waals surface area (Å²) in [5, 5.41) is 19.8. The number of carbonyl (C=O) groups is 10. The third-order valence-corrected chi connectivity index (χ3v) is 20.8. The second-order valence-corrected chi connectivity index (χ2v) is 29.2. The van der Waals surface area contributed by atoms with Crippen molar-refractivity contribution < 1.29 is 110 Å². The lowest BCUT2D eigenvalue weighted by Gasteiger charge is -2.31. The number of aliphatic hydroxyl groups is 1. The van der Waals surface area contributed by atoms with Crippen LogP contribution in [0.1, 0.15) is 158 Å². The molecule has 0 aromatic carbocycles. The predicted molar refractivity (Wildman–Crippen MR) is 439 cm³/mol. The molecule has 9 amide bonds. The molecule has 0 radical (unpaired) electrons. The molecule has 0 unspecified atom stereocenters. The summed E-state index contributed by atoms with van der Waals surface area (Å²) in [5.41, 5.74) is 9.30. The van der Waals surface area contributed by atoms with Crippen LogP contribution in [0.25, 0.3) is 39.3 Å². The number of hydrogen-bond acceptors (Lipinski definition) is 26. The fourth-order valence-corrected chi connectivity index (χ4v) is 13.8. The number of imide groups is 2. The average molecular weight is 1670 g/mol. The lowest BCUT2D eigenvalue weighted by atomic mass is 9.84. The Balaban J connectivity index is 0.716. The van der Waals surface area contributed by atoms with Crippen LogP contribution in [0.4, 0.5) is 0 Å². The maximum Gasteiger partial charge on any atom is 0.330 e. The van der Waals surface area contributed by atoms with Gasteiger partial charge in [-0.1, -0.05) is 20.3 Å². The number of ether oxygens (including phenoxy) is 12. The number of aromatic nitrogens is 4. The number of aliphatic hydroxyl groups excluding tert-OH is 1. The molecule has 119 heavy (non-hydrogen) atoms. The number of rotatable bonds is 57. The highest BCUT2D eigenvalue weighted by molar-refractivity contribution is 6.23. The van der Waals surface area contributed by atoms with Crippen LogP contribution in [-0.2, 0) is 95.2 Å². The van der Waals surface area contributed by atoms with Gasteiger partial charge in [0.1, 0.15) is 18.7 Å². The Kier molecular flexibility index (Phi) is 41.3. The van der Waals surface area contributed by atoms with Gasteiger partial charge in [0.2, 0.25) is 29.5 Å². The number of carbonyl (C=O) groups excluding carboxylic acids is 10. The molecule has 3 aromatic rings. The third kappa shape index (κ3) is 30.2. The van der Waals surface area contributed by atoms with E-state index >= 15 is 4.79 Å². The monoisotopic (exact) mass is 1670 g/mol. The van der Waals surface area contributed by atoms with Crippen molar-refractivity contribution in [2.45, 2.75) is 124 Å². The molecule has 4 atom stereocenters. The fraction of sp³-hybridized carbons (Fsp3) is 0.619. The Morgan fingerprint density at radius 3 is 1.76 bits per heavy atom. The van der Waals surface area contributed by atoms with Crippen molar-refractivity contribution in [2.75, 3.05) is 218 Å². The number of allylic oxidation sites excluding steroid dienone is 2. The molecule has 8 heterocycles. The molecule has 5 aliphatic rings. The minimum Gasteiger partial charge on any atom is -0.460 e. The zero-order chi connectivity index (χ0) is 85.4. The Hall–Kier alpha value is -9.08. The fourth-order valence-electron chi connectivity index (χ4n) is 13.8. The lowest BCUT2D eigenvalue weighted by Crippen LogP contribution is -2.52. The van der Waals surface area contributed by atoms with Gasteiger partial charge in [0, 0.05) is 137 Å². The summed E-state index contributed by atoms with van der Waals surface area (Å²) >= 11 is 0. The summed E-state index contributed by atoms with van der Waals surface area (Å²) < 4.78 is 66.1. The van der Waals surface area contributed by atoms with Crippen molar-refractivity contribution in [2.24, 2.45) is 0 Å². The van der Waals surface area contributed by atoms with Crippen LogP contribution >= 0.6 is 0 Å². The molecule has 7 N–H and O–H groups in total. The summed E-state index contributed by atoms with van der Waals surface area (Å²) in [6.07, 6.45) is 8.90. The zero-order valence-electron chi connectivity index (χ0n) is 70.2. The highest BCUT2D eigenvalue weighted by Gasteiger charge is 2.42. The van der Waals surface area contributed by atoms with E-state index in [1.54, 1.807) is 13.1 Å². The summed E-state index contributed by atoms with van der Waals surface area (Å²) in [5.74, 6) is -4.83. The lowest BCUT2D eigenvalue weighted by molar-refractivity contribution is -0.139. The highest BCUT2D eigenvalue weighted by Crippen LogP contribution is 2.44. The van der Waals surface area contributed by atoms with Crippen molar-refractivity contribution in [3.8, 4) is 0 Å². The molecule has 35 heteroatoms. The Morgan fingerprint density at radius 1 is 0.588 bits per heavy atom. The molecule has 0 spiro atoms. The van der Waals surface area contributed by atoms with Gasteiger partial charge in [0.05, 0.1) is 186 Å². The van der Waals surface area contributed by atoms with Crippen molar-refractivity contribution in [1.29, 1.82) is 0 Å². The number of amides is 9. The van der Waals surface area contributed by atoms with Gasteiger partial charge in [0.15, 0.2) is 0 Å². The predicted octanol–water partition coefficient (Wildman–Crippen LogP) is 4.16. The summed E-state index contributed by atoms with van der Waals surface area (Å²) in [7, 11) is 1.63. The highest BCUT2D eigenvalue weighted by atomic mass is 16.6. The maximum atomic E-state index is 15.5. The van der Waals surface area contributed by atoms with Crippen LogP contribution in [0.15, 0.2) is 36.4 Å². The van der Waals surface area contributed by atoms with E-state index in [9.17, 15) is 43.2 Å². The van der Waals surface area contributed by atoms with Gasteiger partial charge in [-0.2, -0.15) is 0 Å². The van der Waals surface area contributed by atoms with Crippen LogP contribution in [-0.4, -0.2) is 334 Å². The number of hydrogen-bond donors (Lipinski definition) is 7. The number of nitrogens with one attached hydrogen (secondary N) is 6. The van der Waals surface area contributed by atoms with E-state index in [1.807, 2.05) is 45.9 Å². The molecule has 1 fully saturated rings. The maximum absolute atomic E-state index is 15.5. The molecule has 1 saturated heterocycles. The molecule has 3 aromatic heterocycles. The number of nitrogens with zero attached hydrogens (tertiary/aromatic N) is 6. The molecule has 8 rings (SSSR count). The average Bonchev–Trinajstić information content (AvgIpc) is 1.58. The van der Waals surface area contributed by atoms with E-state index in [0.717, 1.165) is 23.1 Å². The molecular formula is C84H122N12O23. The SMILES string of the molecule is CCC1=C(C)c2cc3[nH]c(cc4nc(c5c6[nH]c(cc1n2)c(C)c6C(=O)N(CCN1CCOCC1)C5=O)[C@@H](CCC(=O)N(C)CCNC(=O)[C@H](C)NC(=O)[C@H](C)NC(=O)CCOCCOCCOCCOCCOCCOCCOCCOCCNC(=O)CCCCCN1C(=O)C=CC1=O)[C@@H]4C)c(C)c3/C=C/C(=O)OCCOCCOCCO. The van der Waals surface area contributed by atoms with Gasteiger partial charge in [-0.3, -0.25) is 62.8 Å². The first kappa shape index (κ1) is 95.4. The molecule has 0 saturated carbocycles. The van der Waals surface area contributed by atoms with Gasteiger partial charge in [-0.15, -0.1) is 0 Å². The van der Waals surface area contributed by atoms with Gasteiger partial charge in [0.25, 0.3) is 23.6 Å². The Morgan fingerprint density at radius 2 is 1.15 bits per heavy atom. The topological polar surface area (TPSA) is 420 Å². The minimum atomic E-state index is -0.991. The molecular weight excluding hydrogens is 1540 g/mol. The molecule has 35 nitrogen and oxygen atoms in total. The van der Waals surface area contributed by atoms with Crippen LogP contribution in [0.2, 0.25) is 0 Å². The van der Waals surface area contributed by atoms with Crippen LogP contribution in [0.3, 0.4) is 0 Å². The Labute approximate surface area is 694 Å². The van der Waals surface area contributed by atoms with Crippen molar-refractivity contribution >= 4 is 98.4 Å². The second-order valence-electron chi connectivity index (χ2n) is 29.2. The summed E-state index contributed by atoms with van der Waals surface area (Å²) in [4.78, 5) is 156. The number of esters is 1. The van der Waals surface area contributed by atoms with Crippen LogP contribution < -0.4 is 21.3 Å². The second kappa shape index (κ2) is 51.5. The first-order valence-corrected chi connectivity index (χ1v) is 41.4. The van der Waals surface area contributed by atoms with E-state index in [1.165, 1.54) is 46.8 Å². The van der Waals surface area contributed by atoms with E-state index in [0.29, 0.717) is 226 Å². The van der Waals surface area contributed by atoms with Gasteiger partial charge >= 0.3 is 5.97 Å². The van der Waals surface area contributed by atoms with Crippen LogP contribution in [0, 0.1) is 13.8 Å². The number of unbranched alkanes of at least 4 members (excludes halogenated alkanes) is 2. The normalized spacial score (nSPS) is 16.0. The van der Waals surface area contributed by atoms with Gasteiger partial charge in [-0.05, 0) is 107 Å². The number of aromatic amines is 2. The van der Waals surface area contributed by atoms with Crippen molar-refractivity contribution in [3.05, 3.63) is 87.0 Å². The van der Waals surface area contributed by atoms with E-state index < -0.39 is 53.5 Å². The van der Waals surface area contributed by atoms with Gasteiger partial charge < -0.3 is 98.1 Å². The molecule has 8 bridgehead atoms. The van der Waals surface area contributed by atoms with E-state index in [-0.39, 0.29) is 127 Å². The van der Waals surface area contributed by atoms with E-state index in [2.05, 4.69) is 43.1 Å². The molecule has 656 valence electrons. The summed E-state index contributed by atoms with van der Waals surface area (Å²) in [6, 6.07) is 3.83. The minimum absolute atomic E-state index is 0.00756. The quantitative estimate of drug-likeness (QED) is 0.0180. The molecule has 0 aliphatic carbocycles. The van der Waals surface area contributed by atoms with E-state index in [4.69, 9.17) is 71.9 Å². The van der Waals surface area contributed by atoms with Gasteiger partial charge in [-0.25, -0.2) is 9.78 Å². The number of fused-ring (bicyclic) bond motifs is 8. The first-order valence-electron chi connectivity index (χ1n) is 41.4.